The van der Waals surface area contributed by atoms with Crippen molar-refractivity contribution in [2.75, 3.05) is 0 Å². The van der Waals surface area contributed by atoms with Gasteiger partial charge in [0, 0.05) is 0 Å². The van der Waals surface area contributed by atoms with Crippen LogP contribution in [0.4, 0.5) is 0 Å². The van der Waals surface area contributed by atoms with E-state index in [1.807, 2.05) is 0 Å². The van der Waals surface area contributed by atoms with Crippen molar-refractivity contribution in [1.29, 1.82) is 0 Å². The molecule has 1 atom stereocenters. The van der Waals surface area contributed by atoms with Gasteiger partial charge in [0.1, 0.15) is 0 Å². The Morgan fingerprint density at radius 1 is 0.656 bits per heavy atom. The van der Waals surface area contributed by atoms with Crippen molar-refractivity contribution in [3.8, 4) is 0 Å². The molecule has 0 nitrogen and oxygen atoms in total. The van der Waals surface area contributed by atoms with Crippen LogP contribution < -0.4 is 37.2 Å². The summed E-state index contributed by atoms with van der Waals surface area (Å²) in [6, 6.07) is 24.7. The minimum atomic E-state index is -0.0777. The van der Waals surface area contributed by atoms with Crippen molar-refractivity contribution in [2.24, 2.45) is 0 Å². The predicted molar refractivity (Wildman–Crippen MR) is 120 cm³/mol. The first-order valence-electron chi connectivity index (χ1n) is 10.2. The number of rotatable bonds is 4. The van der Waals surface area contributed by atoms with Crippen molar-refractivity contribution in [3.05, 3.63) is 124 Å². The average Bonchev–Trinajstić information content (AvgIpc) is 3.04. The van der Waals surface area contributed by atoms with E-state index in [1.54, 1.807) is 0 Å². The summed E-state index contributed by atoms with van der Waals surface area (Å²) in [4.78, 5) is 0. The van der Waals surface area contributed by atoms with E-state index in [4.69, 9.17) is 0 Å². The third-order valence-corrected chi connectivity index (χ3v) is 6.61. The van der Waals surface area contributed by atoms with E-state index in [1.165, 1.54) is 44.5 Å². The fraction of sp³-hybridized carbons (Fsp3) is 0.214. The molecule has 4 rings (SSSR count). The second-order valence-electron chi connectivity index (χ2n) is 8.51. The largest absolute Gasteiger partial charge is 1.00 e. The fourth-order valence-electron chi connectivity index (χ4n) is 4.67. The summed E-state index contributed by atoms with van der Waals surface area (Å²) in [6.07, 6.45) is 7.16. The molecular formula is C28H27Cl3Ti. The van der Waals surface area contributed by atoms with Gasteiger partial charge in [-0.15, -0.1) is 0 Å². The summed E-state index contributed by atoms with van der Waals surface area (Å²) in [5.41, 5.74) is 10.7. The van der Waals surface area contributed by atoms with E-state index in [9.17, 15) is 0 Å². The average molecular weight is 518 g/mol. The first-order chi connectivity index (χ1) is 13.8. The molecule has 0 aliphatic heterocycles. The van der Waals surface area contributed by atoms with E-state index < -0.39 is 0 Å². The van der Waals surface area contributed by atoms with Crippen molar-refractivity contribution in [2.45, 2.75) is 37.3 Å². The molecule has 1 aliphatic carbocycles. The van der Waals surface area contributed by atoms with Gasteiger partial charge in [-0.3, -0.25) is 0 Å². The van der Waals surface area contributed by atoms with Gasteiger partial charge in [0.2, 0.25) is 0 Å². The molecule has 0 aromatic heterocycles. The van der Waals surface area contributed by atoms with E-state index in [0.717, 1.165) is 0 Å². The quantitative estimate of drug-likeness (QED) is 0.367. The molecule has 4 heteroatoms. The zero-order chi connectivity index (χ0) is 20.6. The Morgan fingerprint density at radius 2 is 1.09 bits per heavy atom. The van der Waals surface area contributed by atoms with Gasteiger partial charge >= 0.3 is 187 Å². The molecule has 164 valence electrons. The molecule has 0 saturated carbocycles. The predicted octanol–water partition coefficient (Wildman–Crippen LogP) is -1.58. The van der Waals surface area contributed by atoms with Crippen molar-refractivity contribution >= 4 is 5.57 Å². The number of aryl methyl sites for hydroxylation is 4. The topological polar surface area (TPSA) is 0 Å². The summed E-state index contributed by atoms with van der Waals surface area (Å²) >= 11 is 2.37. The molecule has 0 amide bonds. The Bertz CT molecular complexity index is 1030. The Morgan fingerprint density at radius 3 is 1.53 bits per heavy atom. The summed E-state index contributed by atoms with van der Waals surface area (Å²) < 4.78 is -0.0777. The van der Waals surface area contributed by atoms with Gasteiger partial charge in [-0.25, -0.2) is 0 Å². The molecule has 0 N–H and O–H groups in total. The molecule has 0 spiro atoms. The van der Waals surface area contributed by atoms with Crippen LogP contribution in [0.15, 0.2) is 85.0 Å². The van der Waals surface area contributed by atoms with Crippen LogP contribution >= 0.6 is 0 Å². The second-order valence-corrected chi connectivity index (χ2v) is 9.86. The number of allylic oxidation sites excluding steroid dienone is 4. The van der Waals surface area contributed by atoms with Crippen molar-refractivity contribution in [3.63, 3.8) is 0 Å². The van der Waals surface area contributed by atoms with Crippen molar-refractivity contribution < 1.29 is 57.7 Å². The molecule has 0 fully saturated rings. The maximum atomic E-state index is 2.46. The number of halogens is 3. The van der Waals surface area contributed by atoms with Gasteiger partial charge in [0.05, 0.1) is 0 Å². The summed E-state index contributed by atoms with van der Waals surface area (Å²) in [7, 11) is 0. The smallest absolute Gasteiger partial charge is 1.00 e. The number of hydrogen-bond acceptors (Lipinski definition) is 0. The van der Waals surface area contributed by atoms with Crippen LogP contribution in [0.2, 0.25) is 3.72 Å². The van der Waals surface area contributed by atoms with Gasteiger partial charge in [-0.1, -0.05) is 0 Å². The van der Waals surface area contributed by atoms with Crippen LogP contribution in [0.1, 0.15) is 44.9 Å². The standard InChI is InChI=1S/C28H27.3ClH.Ti/c1-19-12-20(2)15-26(14-19)28(27-16-21(3)13-22(4)17-27)25-11-10-24(18-25)23-8-6-5-7-9-23;;;;/h5-18,28H,1-4H3;3*1H;/q;;;;+3/p-3. The molecule has 3 aromatic rings. The van der Waals surface area contributed by atoms with Gasteiger partial charge in [0.25, 0.3) is 0 Å². The molecule has 3 aromatic carbocycles. The fourth-order valence-corrected chi connectivity index (χ4v) is 5.56. The van der Waals surface area contributed by atoms with Crippen LogP contribution in [-0.2, 0) is 20.4 Å². The summed E-state index contributed by atoms with van der Waals surface area (Å²) in [6.45, 7) is 8.81. The van der Waals surface area contributed by atoms with Crippen LogP contribution in [-0.4, -0.2) is 0 Å². The number of hydrogen-bond donors (Lipinski definition) is 0. The monoisotopic (exact) mass is 516 g/mol. The molecular weight excluding hydrogens is 491 g/mol. The molecule has 0 saturated heterocycles. The number of benzene rings is 3. The Labute approximate surface area is 223 Å². The van der Waals surface area contributed by atoms with Gasteiger partial charge < -0.3 is 37.2 Å². The molecule has 1 unspecified atom stereocenters. The second kappa shape index (κ2) is 11.7. The van der Waals surface area contributed by atoms with Crippen molar-refractivity contribution in [1.82, 2.24) is 0 Å². The summed E-state index contributed by atoms with van der Waals surface area (Å²) in [5, 5.41) is 0. The zero-order valence-electron chi connectivity index (χ0n) is 18.8. The van der Waals surface area contributed by atoms with Crippen LogP contribution in [0, 0.1) is 27.7 Å². The van der Waals surface area contributed by atoms with E-state index in [-0.39, 0.29) is 46.9 Å². The molecule has 0 radical (unpaired) electrons. The van der Waals surface area contributed by atoms with Crippen LogP contribution in [0.3, 0.4) is 0 Å². The third kappa shape index (κ3) is 6.19. The van der Waals surface area contributed by atoms with Gasteiger partial charge in [0.15, 0.2) is 0 Å². The Hall–Kier alpha value is -1.28. The SMILES string of the molecule is Cc1cc(C)cc(C(c2cc(C)cc(C)c2)[C]2([Ti+3])C=CC(c3ccccc3)=C2)c1.[Cl-].[Cl-].[Cl-]. The summed E-state index contributed by atoms with van der Waals surface area (Å²) in [5.74, 6) is 0.275. The minimum absolute atomic E-state index is 0. The van der Waals surface area contributed by atoms with Crippen LogP contribution in [0.5, 0.6) is 0 Å². The first kappa shape index (κ1) is 28.8. The van der Waals surface area contributed by atoms with E-state index in [2.05, 4.69) is 133 Å². The van der Waals surface area contributed by atoms with Gasteiger partial charge in [-0.05, 0) is 0 Å². The molecule has 0 bridgehead atoms. The Balaban J connectivity index is 0.00000171. The van der Waals surface area contributed by atoms with Crippen LogP contribution in [0.25, 0.3) is 5.57 Å². The first-order valence-corrected chi connectivity index (χ1v) is 11.0. The zero-order valence-corrected chi connectivity index (χ0v) is 22.6. The molecule has 32 heavy (non-hydrogen) atoms. The van der Waals surface area contributed by atoms with Gasteiger partial charge in [-0.2, -0.15) is 0 Å². The molecule has 0 heterocycles. The Kier molecular flexibility index (Phi) is 10.5. The maximum Gasteiger partial charge on any atom is -1.00 e. The minimum Gasteiger partial charge on any atom is -1.00 e. The van der Waals surface area contributed by atoms with E-state index >= 15 is 0 Å². The third-order valence-electron chi connectivity index (χ3n) is 5.67. The molecule has 1 aliphatic rings. The maximum absolute atomic E-state index is 2.46. The normalized spacial score (nSPS) is 16.7. The van der Waals surface area contributed by atoms with E-state index in [0.29, 0.717) is 0 Å².